The number of nitrogens with zero attached hydrogens (tertiary/aromatic N) is 2. The topological polar surface area (TPSA) is 62.2 Å². The minimum absolute atomic E-state index is 0.0631. The van der Waals surface area contributed by atoms with Crippen molar-refractivity contribution in [2.75, 3.05) is 13.1 Å². The summed E-state index contributed by atoms with van der Waals surface area (Å²) in [4.78, 5) is 16.7. The van der Waals surface area contributed by atoms with Crippen LogP contribution in [0, 0.1) is 6.92 Å². The fourth-order valence-corrected chi connectivity index (χ4v) is 2.15. The molecule has 5 heteroatoms. The third-order valence-corrected chi connectivity index (χ3v) is 3.00. The Labute approximate surface area is 104 Å². The summed E-state index contributed by atoms with van der Waals surface area (Å²) < 4.78 is 1.55. The van der Waals surface area contributed by atoms with Gasteiger partial charge >= 0.3 is 0 Å². The molecule has 1 aliphatic rings. The van der Waals surface area contributed by atoms with Gasteiger partial charge in [-0.25, -0.2) is 4.68 Å². The largest absolute Gasteiger partial charge is 0.368 e. The zero-order chi connectivity index (χ0) is 12.5. The van der Waals surface area contributed by atoms with E-state index in [2.05, 4.69) is 15.4 Å². The van der Waals surface area contributed by atoms with Crippen LogP contribution in [0.5, 0.6) is 0 Å². The molecule has 0 radical (unpaired) electrons. The van der Waals surface area contributed by atoms with Gasteiger partial charge in [-0.05, 0) is 19.1 Å². The fraction of sp³-hybridized carbons (Fsp3) is 0.231. The van der Waals surface area contributed by atoms with Crippen LogP contribution in [0.3, 0.4) is 0 Å². The van der Waals surface area contributed by atoms with E-state index < -0.39 is 0 Å². The molecule has 0 saturated heterocycles. The van der Waals surface area contributed by atoms with Crippen LogP contribution < -0.4 is 10.9 Å². The molecule has 0 bridgehead atoms. The van der Waals surface area contributed by atoms with Gasteiger partial charge in [0.2, 0.25) is 0 Å². The molecule has 0 fully saturated rings. The van der Waals surface area contributed by atoms with E-state index >= 15 is 0 Å². The molecular formula is C13H14N4O. The summed E-state index contributed by atoms with van der Waals surface area (Å²) in [6.07, 6.45) is 0. The molecule has 5 nitrogen and oxygen atoms in total. The second-order valence-electron chi connectivity index (χ2n) is 4.25. The first-order valence-electron chi connectivity index (χ1n) is 5.93. The van der Waals surface area contributed by atoms with E-state index in [-0.39, 0.29) is 5.56 Å². The summed E-state index contributed by atoms with van der Waals surface area (Å²) in [5, 5.41) is 6.23. The molecule has 0 unspecified atom stereocenters. The highest BCUT2D eigenvalue weighted by Crippen LogP contribution is 2.08. The zero-order valence-electron chi connectivity index (χ0n) is 10.1. The maximum atomic E-state index is 12.4. The van der Waals surface area contributed by atoms with Crippen LogP contribution in [0.4, 0.5) is 0 Å². The molecule has 1 aromatic heterocycles. The standard InChI is InChI=1S/C13H14N4O/c1-9-11(12-14-7-8-15-12)13(18)17(16-9)10-5-3-2-4-6-10/h2-6,16H,7-8H2,1H3,(H,14,15). The maximum absolute atomic E-state index is 12.4. The highest BCUT2D eigenvalue weighted by atomic mass is 16.1. The molecule has 3 rings (SSSR count). The minimum Gasteiger partial charge on any atom is -0.368 e. The monoisotopic (exact) mass is 242 g/mol. The van der Waals surface area contributed by atoms with Gasteiger partial charge in [0.05, 0.1) is 12.2 Å². The highest BCUT2D eigenvalue weighted by Gasteiger charge is 2.19. The molecular weight excluding hydrogens is 228 g/mol. The molecule has 2 aromatic rings. The summed E-state index contributed by atoms with van der Waals surface area (Å²) >= 11 is 0. The van der Waals surface area contributed by atoms with Gasteiger partial charge in [-0.2, -0.15) is 0 Å². The minimum atomic E-state index is -0.0631. The predicted molar refractivity (Wildman–Crippen MR) is 70.5 cm³/mol. The summed E-state index contributed by atoms with van der Waals surface area (Å²) in [5.41, 5.74) is 2.23. The van der Waals surface area contributed by atoms with Gasteiger partial charge in [-0.1, -0.05) is 18.2 Å². The fourth-order valence-electron chi connectivity index (χ4n) is 2.15. The van der Waals surface area contributed by atoms with Gasteiger partial charge in [0.25, 0.3) is 5.56 Å². The molecule has 0 saturated carbocycles. The molecule has 2 N–H and O–H groups in total. The second-order valence-corrected chi connectivity index (χ2v) is 4.25. The first kappa shape index (κ1) is 10.8. The van der Waals surface area contributed by atoms with Gasteiger partial charge in [-0.15, -0.1) is 0 Å². The number of hydrogen-bond acceptors (Lipinski definition) is 3. The number of hydrogen-bond donors (Lipinski definition) is 2. The molecule has 92 valence electrons. The van der Waals surface area contributed by atoms with Crippen LogP contribution in [-0.4, -0.2) is 28.7 Å². The van der Waals surface area contributed by atoms with Crippen molar-refractivity contribution in [3.8, 4) is 5.69 Å². The molecule has 0 atom stereocenters. The smallest absolute Gasteiger partial charge is 0.282 e. The summed E-state index contributed by atoms with van der Waals surface area (Å²) in [6, 6.07) is 9.52. The van der Waals surface area contributed by atoms with Gasteiger partial charge in [0.15, 0.2) is 0 Å². The third kappa shape index (κ3) is 1.64. The number of aromatic amines is 1. The average molecular weight is 242 g/mol. The Morgan fingerprint density at radius 1 is 1.28 bits per heavy atom. The van der Waals surface area contributed by atoms with E-state index in [0.717, 1.165) is 24.5 Å². The number of nitrogens with one attached hydrogen (secondary N) is 2. The van der Waals surface area contributed by atoms with Crippen molar-refractivity contribution < 1.29 is 0 Å². The Hall–Kier alpha value is -2.30. The lowest BCUT2D eigenvalue weighted by atomic mass is 10.2. The molecule has 0 spiro atoms. The van der Waals surface area contributed by atoms with Crippen LogP contribution in [0.1, 0.15) is 11.3 Å². The number of aromatic nitrogens is 2. The predicted octanol–water partition coefficient (Wildman–Crippen LogP) is 0.824. The SMILES string of the molecule is Cc1[nH]n(-c2ccccc2)c(=O)c1C1=NCCN1. The quantitative estimate of drug-likeness (QED) is 0.819. The number of aliphatic imine (C=N–C) groups is 1. The lowest BCUT2D eigenvalue weighted by Gasteiger charge is -1.99. The van der Waals surface area contributed by atoms with Crippen LogP contribution in [-0.2, 0) is 0 Å². The van der Waals surface area contributed by atoms with E-state index in [1.165, 1.54) is 0 Å². The van der Waals surface area contributed by atoms with Crippen LogP contribution in [0.2, 0.25) is 0 Å². The summed E-state index contributed by atoms with van der Waals surface area (Å²) in [6.45, 7) is 3.41. The van der Waals surface area contributed by atoms with Crippen molar-refractivity contribution in [1.82, 2.24) is 15.1 Å². The normalized spacial score (nSPS) is 14.4. The molecule has 2 heterocycles. The van der Waals surface area contributed by atoms with E-state index in [1.807, 2.05) is 37.3 Å². The van der Waals surface area contributed by atoms with E-state index in [1.54, 1.807) is 4.68 Å². The second kappa shape index (κ2) is 4.18. The van der Waals surface area contributed by atoms with Crippen LogP contribution in [0.25, 0.3) is 5.69 Å². The van der Waals surface area contributed by atoms with E-state index in [0.29, 0.717) is 11.4 Å². The molecule has 1 aromatic carbocycles. The van der Waals surface area contributed by atoms with Gasteiger partial charge in [-0.3, -0.25) is 14.9 Å². The van der Waals surface area contributed by atoms with Crippen molar-refractivity contribution in [3.05, 3.63) is 51.9 Å². The van der Waals surface area contributed by atoms with E-state index in [9.17, 15) is 4.79 Å². The number of rotatable bonds is 2. The van der Waals surface area contributed by atoms with Crippen molar-refractivity contribution in [2.45, 2.75) is 6.92 Å². The molecule has 18 heavy (non-hydrogen) atoms. The van der Waals surface area contributed by atoms with E-state index in [4.69, 9.17) is 0 Å². The lowest BCUT2D eigenvalue weighted by Crippen LogP contribution is -2.27. The van der Waals surface area contributed by atoms with Gasteiger partial charge in [0, 0.05) is 12.2 Å². The summed E-state index contributed by atoms with van der Waals surface area (Å²) in [7, 11) is 0. The Kier molecular flexibility index (Phi) is 2.51. The van der Waals surface area contributed by atoms with Crippen molar-refractivity contribution in [1.29, 1.82) is 0 Å². The number of benzene rings is 1. The molecule has 0 amide bonds. The average Bonchev–Trinajstić information content (AvgIpc) is 2.99. The first-order chi connectivity index (χ1) is 8.77. The highest BCUT2D eigenvalue weighted by molar-refractivity contribution is 6.00. The number of para-hydroxylation sites is 1. The Morgan fingerprint density at radius 3 is 2.72 bits per heavy atom. The third-order valence-electron chi connectivity index (χ3n) is 3.00. The zero-order valence-corrected chi connectivity index (χ0v) is 10.1. The van der Waals surface area contributed by atoms with Gasteiger partial charge in [0.1, 0.15) is 11.4 Å². The first-order valence-corrected chi connectivity index (χ1v) is 5.93. The Bertz CT molecular complexity index is 651. The van der Waals surface area contributed by atoms with Gasteiger partial charge < -0.3 is 5.32 Å². The Balaban J connectivity index is 2.15. The van der Waals surface area contributed by atoms with Crippen LogP contribution >= 0.6 is 0 Å². The lowest BCUT2D eigenvalue weighted by molar-refractivity contribution is 0.835. The molecule has 0 aliphatic carbocycles. The Morgan fingerprint density at radius 2 is 2.06 bits per heavy atom. The maximum Gasteiger partial charge on any atom is 0.282 e. The number of amidine groups is 1. The molecule has 1 aliphatic heterocycles. The summed E-state index contributed by atoms with van der Waals surface area (Å²) in [5.74, 6) is 0.698. The number of aryl methyl sites for hydroxylation is 1. The van der Waals surface area contributed by atoms with Crippen molar-refractivity contribution >= 4 is 5.84 Å². The number of H-pyrrole nitrogens is 1. The van der Waals surface area contributed by atoms with Crippen molar-refractivity contribution in [2.24, 2.45) is 4.99 Å². The van der Waals surface area contributed by atoms with Crippen LogP contribution in [0.15, 0.2) is 40.1 Å². The van der Waals surface area contributed by atoms with Crippen molar-refractivity contribution in [3.63, 3.8) is 0 Å².